The van der Waals surface area contributed by atoms with Gasteiger partial charge in [0.05, 0.1) is 5.52 Å². The smallest absolute Gasteiger partial charge is 0.276 e. The first-order chi connectivity index (χ1) is 5.81. The number of thioether (sulfide) groups is 1. The molecule has 2 aromatic heterocycles. The van der Waals surface area contributed by atoms with E-state index in [1.54, 1.807) is 12.3 Å². The Balaban J connectivity index is 2.83. The summed E-state index contributed by atoms with van der Waals surface area (Å²) in [7, 11) is 0. The van der Waals surface area contributed by atoms with Gasteiger partial charge in [-0.15, -0.1) is 0 Å². The second kappa shape index (κ2) is 2.67. The van der Waals surface area contributed by atoms with Crippen LogP contribution < -0.4 is 5.56 Å². The van der Waals surface area contributed by atoms with Crippen molar-refractivity contribution in [2.24, 2.45) is 0 Å². The van der Waals surface area contributed by atoms with Gasteiger partial charge in [-0.05, 0) is 12.3 Å². The van der Waals surface area contributed by atoms with Crippen molar-refractivity contribution in [2.45, 2.75) is 5.16 Å². The molecule has 0 radical (unpaired) electrons. The van der Waals surface area contributed by atoms with E-state index < -0.39 is 0 Å². The lowest BCUT2D eigenvalue weighted by atomic mass is 10.4. The zero-order valence-corrected chi connectivity index (χ0v) is 7.23. The van der Waals surface area contributed by atoms with Crippen LogP contribution in [0.4, 0.5) is 0 Å². The van der Waals surface area contributed by atoms with E-state index in [1.807, 2.05) is 6.26 Å². The predicted octanol–water partition coefficient (Wildman–Crippen LogP) is 0.973. The zero-order chi connectivity index (χ0) is 8.55. The molecule has 2 rings (SSSR count). The highest BCUT2D eigenvalue weighted by atomic mass is 32.2. The van der Waals surface area contributed by atoms with Gasteiger partial charge in [0.1, 0.15) is 0 Å². The van der Waals surface area contributed by atoms with Crippen molar-refractivity contribution in [2.75, 3.05) is 6.26 Å². The van der Waals surface area contributed by atoms with E-state index in [0.717, 1.165) is 10.7 Å². The molecule has 0 atom stereocenters. The number of imidazole rings is 1. The zero-order valence-electron chi connectivity index (χ0n) is 6.42. The molecule has 2 aromatic rings. The minimum Gasteiger partial charge on any atom is -0.333 e. The molecule has 5 heteroatoms. The van der Waals surface area contributed by atoms with Crippen molar-refractivity contribution in [1.29, 1.82) is 0 Å². The van der Waals surface area contributed by atoms with Crippen molar-refractivity contribution in [3.05, 3.63) is 22.6 Å². The van der Waals surface area contributed by atoms with E-state index in [2.05, 4.69) is 15.0 Å². The van der Waals surface area contributed by atoms with Gasteiger partial charge in [0.15, 0.2) is 10.7 Å². The summed E-state index contributed by atoms with van der Waals surface area (Å²) in [6.07, 6.45) is 3.51. The molecule has 0 aliphatic rings. The molecular weight excluding hydrogens is 174 g/mol. The number of H-pyrrole nitrogens is 2. The Labute approximate surface area is 72.4 Å². The van der Waals surface area contributed by atoms with Crippen LogP contribution in [0.15, 0.2) is 22.2 Å². The van der Waals surface area contributed by atoms with E-state index in [1.165, 1.54) is 11.8 Å². The molecule has 0 aliphatic heterocycles. The van der Waals surface area contributed by atoms with Gasteiger partial charge in [-0.25, -0.2) is 4.98 Å². The molecule has 0 spiro atoms. The minimum atomic E-state index is -0.149. The van der Waals surface area contributed by atoms with Gasteiger partial charge in [-0.2, -0.15) is 0 Å². The monoisotopic (exact) mass is 181 g/mol. The summed E-state index contributed by atoms with van der Waals surface area (Å²) in [4.78, 5) is 20.8. The van der Waals surface area contributed by atoms with Gasteiger partial charge >= 0.3 is 0 Å². The molecule has 2 heterocycles. The number of aromatic nitrogens is 3. The third-order valence-electron chi connectivity index (χ3n) is 1.58. The second-order valence-corrected chi connectivity index (χ2v) is 3.11. The Morgan fingerprint density at radius 3 is 3.08 bits per heavy atom. The third kappa shape index (κ3) is 1.02. The Morgan fingerprint density at radius 1 is 1.58 bits per heavy atom. The van der Waals surface area contributed by atoms with E-state index in [0.29, 0.717) is 5.52 Å². The Hall–Kier alpha value is -1.23. The van der Waals surface area contributed by atoms with Crippen LogP contribution in [-0.2, 0) is 0 Å². The molecule has 0 fully saturated rings. The average Bonchev–Trinajstić information content (AvgIpc) is 2.49. The van der Waals surface area contributed by atoms with E-state index >= 15 is 0 Å². The third-order valence-corrected chi connectivity index (χ3v) is 2.16. The first kappa shape index (κ1) is 7.42. The van der Waals surface area contributed by atoms with Crippen LogP contribution in [0.25, 0.3) is 11.0 Å². The van der Waals surface area contributed by atoms with Crippen LogP contribution in [0.1, 0.15) is 0 Å². The number of rotatable bonds is 1. The molecule has 4 nitrogen and oxygen atoms in total. The van der Waals surface area contributed by atoms with Crippen LogP contribution >= 0.6 is 11.8 Å². The van der Waals surface area contributed by atoms with Crippen LogP contribution in [0, 0.1) is 0 Å². The summed E-state index contributed by atoms with van der Waals surface area (Å²) in [6.45, 7) is 0. The van der Waals surface area contributed by atoms with E-state index in [4.69, 9.17) is 0 Å². The molecule has 0 aromatic carbocycles. The lowest BCUT2D eigenvalue weighted by Gasteiger charge is -1.82. The van der Waals surface area contributed by atoms with E-state index in [-0.39, 0.29) is 5.56 Å². The first-order valence-corrected chi connectivity index (χ1v) is 4.65. The lowest BCUT2D eigenvalue weighted by Crippen LogP contribution is -2.03. The quantitative estimate of drug-likeness (QED) is 0.644. The van der Waals surface area contributed by atoms with E-state index in [9.17, 15) is 4.79 Å². The fourth-order valence-corrected chi connectivity index (χ4v) is 1.42. The lowest BCUT2D eigenvalue weighted by molar-refractivity contribution is 1.08. The number of fused-ring (bicyclic) bond motifs is 1. The second-order valence-electron chi connectivity index (χ2n) is 2.32. The van der Waals surface area contributed by atoms with Crippen LogP contribution in [-0.4, -0.2) is 21.2 Å². The predicted molar refractivity (Wildman–Crippen MR) is 48.5 cm³/mol. The highest BCUT2D eigenvalue weighted by molar-refractivity contribution is 7.98. The van der Waals surface area contributed by atoms with Gasteiger partial charge in [-0.3, -0.25) is 4.79 Å². The minimum absolute atomic E-state index is 0.149. The molecule has 2 N–H and O–H groups in total. The van der Waals surface area contributed by atoms with Crippen molar-refractivity contribution >= 4 is 22.8 Å². The summed E-state index contributed by atoms with van der Waals surface area (Å²) in [6, 6.07) is 1.80. The number of nitrogens with zero attached hydrogens (tertiary/aromatic N) is 1. The van der Waals surface area contributed by atoms with Crippen molar-refractivity contribution in [3.8, 4) is 0 Å². The van der Waals surface area contributed by atoms with Crippen LogP contribution in [0.5, 0.6) is 0 Å². The topological polar surface area (TPSA) is 61.5 Å². The maximum atomic E-state index is 11.2. The summed E-state index contributed by atoms with van der Waals surface area (Å²) < 4.78 is 0. The van der Waals surface area contributed by atoms with Crippen molar-refractivity contribution < 1.29 is 0 Å². The van der Waals surface area contributed by atoms with Gasteiger partial charge < -0.3 is 9.97 Å². The fraction of sp³-hybridized carbons (Fsp3) is 0.143. The number of aromatic amines is 2. The largest absolute Gasteiger partial charge is 0.333 e. The van der Waals surface area contributed by atoms with Gasteiger partial charge in [0.2, 0.25) is 0 Å². The number of hydrogen-bond donors (Lipinski definition) is 2. The molecule has 0 unspecified atom stereocenters. The summed E-state index contributed by atoms with van der Waals surface area (Å²) in [5, 5.41) is 0.765. The maximum absolute atomic E-state index is 11.2. The van der Waals surface area contributed by atoms with Gasteiger partial charge in [-0.1, -0.05) is 11.8 Å². The standard InChI is InChI=1S/C7H7N3OS/c1-12-7-9-4-2-3-8-6(11)5(4)10-7/h2-3H,1H3,(H,8,11)(H,9,10). The van der Waals surface area contributed by atoms with Gasteiger partial charge in [0, 0.05) is 6.20 Å². The molecule has 0 saturated carbocycles. The summed E-state index contributed by atoms with van der Waals surface area (Å²) in [5.74, 6) is 0. The number of hydrogen-bond acceptors (Lipinski definition) is 3. The molecule has 0 amide bonds. The van der Waals surface area contributed by atoms with Crippen molar-refractivity contribution in [1.82, 2.24) is 15.0 Å². The molecule has 0 saturated heterocycles. The maximum Gasteiger partial charge on any atom is 0.276 e. The highest BCUT2D eigenvalue weighted by Crippen LogP contribution is 2.13. The highest BCUT2D eigenvalue weighted by Gasteiger charge is 2.03. The fourth-order valence-electron chi connectivity index (χ4n) is 1.02. The van der Waals surface area contributed by atoms with Gasteiger partial charge in [0.25, 0.3) is 5.56 Å². The molecule has 0 aliphatic carbocycles. The Bertz CT molecular complexity index is 459. The first-order valence-electron chi connectivity index (χ1n) is 3.42. The molecule has 12 heavy (non-hydrogen) atoms. The van der Waals surface area contributed by atoms with Crippen LogP contribution in [0.2, 0.25) is 0 Å². The number of pyridine rings is 1. The average molecular weight is 181 g/mol. The normalized spacial score (nSPS) is 10.8. The molecule has 62 valence electrons. The summed E-state index contributed by atoms with van der Waals surface area (Å²) >= 11 is 1.48. The summed E-state index contributed by atoms with van der Waals surface area (Å²) in [5.41, 5.74) is 1.11. The Morgan fingerprint density at radius 2 is 2.42 bits per heavy atom. The SMILES string of the molecule is CSc1nc2c(=O)[nH]ccc2[nH]1. The van der Waals surface area contributed by atoms with Crippen LogP contribution in [0.3, 0.4) is 0 Å². The Kier molecular flexibility index (Phi) is 1.65. The van der Waals surface area contributed by atoms with Crippen molar-refractivity contribution in [3.63, 3.8) is 0 Å². The molecular formula is C7H7N3OS. The number of nitrogens with one attached hydrogen (secondary N) is 2. The molecule has 0 bridgehead atoms.